The van der Waals surface area contributed by atoms with E-state index in [0.717, 1.165) is 44.2 Å². The molecule has 2 bridgehead atoms. The number of rotatable bonds is 5. The maximum atomic E-state index is 12.7. The molecule has 6 nitrogen and oxygen atoms in total. The molecule has 6 heteroatoms. The predicted molar refractivity (Wildman–Crippen MR) is 84.6 cm³/mol. The number of nitrogens with zero attached hydrogens (tertiary/aromatic N) is 4. The predicted octanol–water partition coefficient (Wildman–Crippen LogP) is 2.03. The van der Waals surface area contributed by atoms with E-state index >= 15 is 0 Å². The molecule has 0 unspecified atom stereocenters. The van der Waals surface area contributed by atoms with Gasteiger partial charge < -0.3 is 9.42 Å². The molecule has 3 saturated heterocycles. The Bertz CT molecular complexity index is 581. The van der Waals surface area contributed by atoms with Gasteiger partial charge in [0.05, 0.1) is 12.5 Å². The highest BCUT2D eigenvalue weighted by atomic mass is 16.5. The molecule has 5 rings (SSSR count). The lowest BCUT2D eigenvalue weighted by atomic mass is 9.94. The van der Waals surface area contributed by atoms with Crippen LogP contribution >= 0.6 is 0 Å². The fourth-order valence-electron chi connectivity index (χ4n) is 3.84. The summed E-state index contributed by atoms with van der Waals surface area (Å²) in [6.45, 7) is 7.54. The molecule has 4 heterocycles. The molecule has 1 saturated carbocycles. The maximum Gasteiger partial charge on any atom is 0.240 e. The van der Waals surface area contributed by atoms with Crippen molar-refractivity contribution in [1.29, 1.82) is 0 Å². The molecule has 2 atom stereocenters. The first-order valence-electron chi connectivity index (χ1n) is 8.95. The second-order valence-electron chi connectivity index (χ2n) is 7.76. The second kappa shape index (κ2) is 5.89. The summed E-state index contributed by atoms with van der Waals surface area (Å²) < 4.78 is 5.39. The van der Waals surface area contributed by atoms with Crippen LogP contribution in [0.2, 0.25) is 0 Å². The zero-order chi connectivity index (χ0) is 16.0. The third-order valence-corrected chi connectivity index (χ3v) is 5.38. The molecule has 4 fully saturated rings. The van der Waals surface area contributed by atoms with E-state index in [9.17, 15) is 4.79 Å². The zero-order valence-corrected chi connectivity index (χ0v) is 14.1. The van der Waals surface area contributed by atoms with E-state index < -0.39 is 0 Å². The van der Waals surface area contributed by atoms with Crippen molar-refractivity contribution in [3.8, 4) is 0 Å². The zero-order valence-electron chi connectivity index (χ0n) is 14.1. The Labute approximate surface area is 137 Å². The number of carbonyl (C=O) groups is 1. The van der Waals surface area contributed by atoms with Crippen LogP contribution in [0.4, 0.5) is 0 Å². The summed E-state index contributed by atoms with van der Waals surface area (Å²) in [4.78, 5) is 21.7. The number of hydrogen-bond donors (Lipinski definition) is 0. The van der Waals surface area contributed by atoms with E-state index in [1.807, 2.05) is 0 Å². The lowest BCUT2D eigenvalue weighted by Gasteiger charge is -2.36. The van der Waals surface area contributed by atoms with Crippen LogP contribution in [0.1, 0.15) is 57.2 Å². The quantitative estimate of drug-likeness (QED) is 0.831. The van der Waals surface area contributed by atoms with E-state index in [2.05, 4.69) is 33.8 Å². The number of aromatic nitrogens is 2. The van der Waals surface area contributed by atoms with Crippen LogP contribution in [0.15, 0.2) is 4.52 Å². The molecule has 1 aromatic rings. The molecular formula is C17H26N4O2. The summed E-state index contributed by atoms with van der Waals surface area (Å²) in [5, 5.41) is 4.05. The highest BCUT2D eigenvalue weighted by Gasteiger charge is 2.42. The van der Waals surface area contributed by atoms with Gasteiger partial charge in [0, 0.05) is 31.6 Å². The summed E-state index contributed by atoms with van der Waals surface area (Å²) in [6.07, 6.45) is 4.76. The van der Waals surface area contributed by atoms with E-state index in [1.165, 1.54) is 12.8 Å². The van der Waals surface area contributed by atoms with E-state index in [-0.39, 0.29) is 11.8 Å². The Hall–Kier alpha value is -1.43. The second-order valence-corrected chi connectivity index (χ2v) is 7.76. The summed E-state index contributed by atoms with van der Waals surface area (Å²) in [5.41, 5.74) is 0. The molecular weight excluding hydrogens is 292 g/mol. The van der Waals surface area contributed by atoms with Crippen molar-refractivity contribution in [3.05, 3.63) is 11.7 Å². The average molecular weight is 318 g/mol. The molecule has 0 radical (unpaired) electrons. The van der Waals surface area contributed by atoms with Crippen molar-refractivity contribution in [2.45, 2.75) is 58.0 Å². The van der Waals surface area contributed by atoms with Gasteiger partial charge in [-0.05, 0) is 31.6 Å². The molecule has 1 aromatic heterocycles. The standard InChI is InChI=1S/C17H26N4O2/c1-11(2)16-18-15(23-19-16)10-20-8-13-5-6-14(9-20)21(17(13)22)7-12-3-4-12/h11-14H,3-10H2,1-2H3/t13-,14+/m0/s1. The van der Waals surface area contributed by atoms with Gasteiger partial charge >= 0.3 is 0 Å². The van der Waals surface area contributed by atoms with Crippen molar-refractivity contribution >= 4 is 5.91 Å². The third-order valence-electron chi connectivity index (χ3n) is 5.38. The van der Waals surface area contributed by atoms with E-state index in [4.69, 9.17) is 4.52 Å². The first-order chi connectivity index (χ1) is 11.1. The van der Waals surface area contributed by atoms with Crippen molar-refractivity contribution in [3.63, 3.8) is 0 Å². The number of piperidine rings is 1. The Morgan fingerprint density at radius 3 is 2.74 bits per heavy atom. The molecule has 0 N–H and O–H groups in total. The fraction of sp³-hybridized carbons (Fsp3) is 0.824. The molecule has 1 amide bonds. The third kappa shape index (κ3) is 3.13. The van der Waals surface area contributed by atoms with Crippen molar-refractivity contribution in [2.24, 2.45) is 11.8 Å². The van der Waals surface area contributed by atoms with Gasteiger partial charge in [-0.15, -0.1) is 0 Å². The van der Waals surface area contributed by atoms with E-state index in [0.29, 0.717) is 24.4 Å². The van der Waals surface area contributed by atoms with Gasteiger partial charge in [0.25, 0.3) is 0 Å². The van der Waals surface area contributed by atoms with Crippen LogP contribution in [0, 0.1) is 11.8 Å². The van der Waals surface area contributed by atoms with Crippen molar-refractivity contribution in [2.75, 3.05) is 19.6 Å². The monoisotopic (exact) mass is 318 g/mol. The maximum absolute atomic E-state index is 12.7. The Balaban J connectivity index is 1.45. The SMILES string of the molecule is CC(C)c1noc(CN2C[C@@H]3CC[C@H](C2)N(CC2CC2)C3=O)n1. The van der Waals surface area contributed by atoms with Gasteiger partial charge in [-0.1, -0.05) is 19.0 Å². The van der Waals surface area contributed by atoms with Crippen molar-refractivity contribution in [1.82, 2.24) is 19.9 Å². The number of hydrogen-bond acceptors (Lipinski definition) is 5. The molecule has 4 aliphatic rings. The normalized spacial score (nSPS) is 28.7. The molecule has 126 valence electrons. The topological polar surface area (TPSA) is 62.5 Å². The lowest BCUT2D eigenvalue weighted by Crippen LogP contribution is -2.48. The highest BCUT2D eigenvalue weighted by molar-refractivity contribution is 5.80. The minimum Gasteiger partial charge on any atom is -0.338 e. The van der Waals surface area contributed by atoms with Gasteiger partial charge in [0.15, 0.2) is 5.82 Å². The summed E-state index contributed by atoms with van der Waals surface area (Å²) in [7, 11) is 0. The van der Waals surface area contributed by atoms with Crippen LogP contribution < -0.4 is 0 Å². The van der Waals surface area contributed by atoms with Gasteiger partial charge in [0.2, 0.25) is 11.8 Å². The van der Waals surface area contributed by atoms with Crippen LogP contribution in [0.25, 0.3) is 0 Å². The van der Waals surface area contributed by atoms with Gasteiger partial charge in [-0.25, -0.2) is 0 Å². The van der Waals surface area contributed by atoms with Crippen LogP contribution in [0.5, 0.6) is 0 Å². The molecule has 23 heavy (non-hydrogen) atoms. The van der Waals surface area contributed by atoms with Gasteiger partial charge in [0.1, 0.15) is 0 Å². The first-order valence-corrected chi connectivity index (χ1v) is 8.95. The number of carbonyl (C=O) groups excluding carboxylic acids is 1. The smallest absolute Gasteiger partial charge is 0.240 e. The Morgan fingerprint density at radius 2 is 2.04 bits per heavy atom. The summed E-state index contributed by atoms with van der Waals surface area (Å²) in [5.74, 6) is 3.02. The largest absolute Gasteiger partial charge is 0.338 e. The van der Waals surface area contributed by atoms with Crippen LogP contribution in [-0.4, -0.2) is 51.5 Å². The average Bonchev–Trinajstić information content (AvgIpc) is 3.26. The molecule has 1 aliphatic carbocycles. The molecule has 0 spiro atoms. The Morgan fingerprint density at radius 1 is 1.22 bits per heavy atom. The van der Waals surface area contributed by atoms with Crippen LogP contribution in [0.3, 0.4) is 0 Å². The molecule has 3 aliphatic heterocycles. The van der Waals surface area contributed by atoms with Crippen LogP contribution in [-0.2, 0) is 11.3 Å². The van der Waals surface area contributed by atoms with Gasteiger partial charge in [-0.3, -0.25) is 9.69 Å². The highest BCUT2D eigenvalue weighted by Crippen LogP contribution is 2.35. The summed E-state index contributed by atoms with van der Waals surface area (Å²) in [6, 6.07) is 0.370. The van der Waals surface area contributed by atoms with Gasteiger partial charge in [-0.2, -0.15) is 4.98 Å². The summed E-state index contributed by atoms with van der Waals surface area (Å²) >= 11 is 0. The Kier molecular flexibility index (Phi) is 3.87. The lowest BCUT2D eigenvalue weighted by molar-refractivity contribution is -0.140. The first kappa shape index (κ1) is 15.1. The minimum atomic E-state index is 0.153. The van der Waals surface area contributed by atoms with Crippen molar-refractivity contribution < 1.29 is 9.32 Å². The number of fused-ring (bicyclic) bond motifs is 4. The minimum absolute atomic E-state index is 0.153. The fourth-order valence-corrected chi connectivity index (χ4v) is 3.84. The number of amides is 1. The molecule has 0 aromatic carbocycles. The van der Waals surface area contributed by atoms with E-state index in [1.54, 1.807) is 0 Å².